The third-order valence-corrected chi connectivity index (χ3v) is 6.40. The molecule has 7 nitrogen and oxygen atoms in total. The molecule has 2 aliphatic rings. The van der Waals surface area contributed by atoms with Crippen LogP contribution in [0.5, 0.6) is 5.75 Å². The number of oxime groups is 1. The molecule has 2 N–H and O–H groups in total. The van der Waals surface area contributed by atoms with E-state index in [1.807, 2.05) is 56.6 Å². The Morgan fingerprint density at radius 1 is 1.09 bits per heavy atom. The van der Waals surface area contributed by atoms with Crippen molar-refractivity contribution < 1.29 is 9.94 Å². The first-order valence-corrected chi connectivity index (χ1v) is 11.6. The highest BCUT2D eigenvalue weighted by Gasteiger charge is 2.30. The molecule has 1 unspecified atom stereocenters. The zero-order valence-corrected chi connectivity index (χ0v) is 19.5. The monoisotopic (exact) mass is 455 g/mol. The highest BCUT2D eigenvalue weighted by Crippen LogP contribution is 2.40. The highest BCUT2D eigenvalue weighted by molar-refractivity contribution is 6.08. The zero-order valence-electron chi connectivity index (χ0n) is 19.5. The standard InChI is InChI=1S/C27H29N5O2/c1-32(2)14-15-34-22-8-6-19(7-9-22)27-29-25(18-10-12-28-13-11-18)26(30-27)21-16-20-4-3-5-23(20)24(17-21)31-33/h6-13,16-17,23,33H,3-5,14-15H2,1-2H3,(H,29,30). The average molecular weight is 456 g/mol. The Bertz CT molecular complexity index is 1240. The van der Waals surface area contributed by atoms with Crippen molar-refractivity contribution in [1.29, 1.82) is 0 Å². The second-order valence-corrected chi connectivity index (χ2v) is 9.01. The summed E-state index contributed by atoms with van der Waals surface area (Å²) in [6.07, 6.45) is 10.9. The van der Waals surface area contributed by atoms with E-state index in [-0.39, 0.29) is 5.92 Å². The number of allylic oxidation sites excluding steroid dienone is 4. The molecular weight excluding hydrogens is 426 g/mol. The van der Waals surface area contributed by atoms with E-state index < -0.39 is 0 Å². The van der Waals surface area contributed by atoms with Gasteiger partial charge in [-0.3, -0.25) is 4.98 Å². The van der Waals surface area contributed by atoms with Crippen LogP contribution in [0, 0.1) is 5.92 Å². The number of hydrogen-bond donors (Lipinski definition) is 2. The fraction of sp³-hybridized carbons (Fsp3) is 0.296. The predicted molar refractivity (Wildman–Crippen MR) is 134 cm³/mol. The maximum absolute atomic E-state index is 9.66. The topological polar surface area (TPSA) is 86.6 Å². The number of nitrogens with one attached hydrogen (secondary N) is 1. The largest absolute Gasteiger partial charge is 0.492 e. The van der Waals surface area contributed by atoms with Gasteiger partial charge >= 0.3 is 0 Å². The van der Waals surface area contributed by atoms with Crippen molar-refractivity contribution in [2.24, 2.45) is 11.1 Å². The van der Waals surface area contributed by atoms with E-state index in [0.717, 1.165) is 71.2 Å². The minimum atomic E-state index is 0.219. The lowest BCUT2D eigenvalue weighted by molar-refractivity contribution is 0.261. The fourth-order valence-electron chi connectivity index (χ4n) is 4.62. The van der Waals surface area contributed by atoms with E-state index in [4.69, 9.17) is 9.72 Å². The van der Waals surface area contributed by atoms with Crippen molar-refractivity contribution in [3.05, 3.63) is 72.2 Å². The van der Waals surface area contributed by atoms with Gasteiger partial charge in [0.1, 0.15) is 18.2 Å². The van der Waals surface area contributed by atoms with E-state index in [2.05, 4.69) is 26.1 Å². The van der Waals surface area contributed by atoms with Gasteiger partial charge in [0.2, 0.25) is 0 Å². The van der Waals surface area contributed by atoms with Crippen molar-refractivity contribution >= 4 is 11.3 Å². The fourth-order valence-corrected chi connectivity index (χ4v) is 4.62. The number of hydrogen-bond acceptors (Lipinski definition) is 6. The Morgan fingerprint density at radius 3 is 2.62 bits per heavy atom. The van der Waals surface area contributed by atoms with Gasteiger partial charge in [-0.1, -0.05) is 16.8 Å². The number of H-pyrrole nitrogens is 1. The number of aromatic amines is 1. The van der Waals surface area contributed by atoms with Crippen LogP contribution in [0.2, 0.25) is 0 Å². The van der Waals surface area contributed by atoms with Crippen molar-refractivity contribution in [1.82, 2.24) is 19.9 Å². The molecule has 1 saturated carbocycles. The third kappa shape index (κ3) is 4.52. The van der Waals surface area contributed by atoms with Crippen LogP contribution in [0.25, 0.3) is 28.2 Å². The van der Waals surface area contributed by atoms with Crippen molar-refractivity contribution in [2.45, 2.75) is 19.3 Å². The van der Waals surface area contributed by atoms with E-state index in [9.17, 15) is 5.21 Å². The lowest BCUT2D eigenvalue weighted by Crippen LogP contribution is -2.19. The first-order valence-electron chi connectivity index (χ1n) is 11.6. The number of aromatic nitrogens is 3. The quantitative estimate of drug-likeness (QED) is 0.385. The summed E-state index contributed by atoms with van der Waals surface area (Å²) in [5.41, 5.74) is 6.72. The molecule has 3 aromatic rings. The number of ether oxygens (including phenoxy) is 1. The van der Waals surface area contributed by atoms with Gasteiger partial charge in [0.15, 0.2) is 0 Å². The molecule has 5 rings (SSSR count). The van der Waals surface area contributed by atoms with Gasteiger partial charge in [0.05, 0.1) is 17.1 Å². The van der Waals surface area contributed by atoms with Crippen molar-refractivity contribution in [2.75, 3.05) is 27.2 Å². The normalized spacial score (nSPS) is 18.7. The van der Waals surface area contributed by atoms with E-state index >= 15 is 0 Å². The van der Waals surface area contributed by atoms with Crippen LogP contribution < -0.4 is 4.74 Å². The maximum Gasteiger partial charge on any atom is 0.138 e. The van der Waals surface area contributed by atoms with Crippen LogP contribution >= 0.6 is 0 Å². The molecule has 1 fully saturated rings. The Labute approximate surface area is 199 Å². The molecule has 174 valence electrons. The predicted octanol–water partition coefficient (Wildman–Crippen LogP) is 5.03. The molecule has 0 saturated heterocycles. The minimum Gasteiger partial charge on any atom is -0.492 e. The minimum absolute atomic E-state index is 0.219. The Balaban J connectivity index is 1.51. The van der Waals surface area contributed by atoms with Crippen molar-refractivity contribution in [3.63, 3.8) is 0 Å². The van der Waals surface area contributed by atoms with E-state index in [1.165, 1.54) is 5.57 Å². The first kappa shape index (κ1) is 22.1. The number of likely N-dealkylation sites (N-methyl/N-ethyl adjacent to an activating group) is 1. The number of benzene rings is 1. The number of nitrogens with zero attached hydrogens (tertiary/aromatic N) is 4. The van der Waals surface area contributed by atoms with Gasteiger partial charge in [-0.05, 0) is 75.8 Å². The van der Waals surface area contributed by atoms with Crippen LogP contribution in [-0.2, 0) is 0 Å². The summed E-state index contributed by atoms with van der Waals surface area (Å²) in [5.74, 6) is 1.83. The number of pyridine rings is 1. The molecule has 1 atom stereocenters. The zero-order chi connectivity index (χ0) is 23.5. The summed E-state index contributed by atoms with van der Waals surface area (Å²) < 4.78 is 5.83. The average Bonchev–Trinajstić information content (AvgIpc) is 3.52. The summed E-state index contributed by atoms with van der Waals surface area (Å²) in [5, 5.41) is 13.3. The lowest BCUT2D eigenvalue weighted by Gasteiger charge is -2.18. The second kappa shape index (κ2) is 9.65. The van der Waals surface area contributed by atoms with Gasteiger partial charge in [-0.25, -0.2) is 4.98 Å². The van der Waals surface area contributed by atoms with Crippen molar-refractivity contribution in [3.8, 4) is 28.4 Å². The summed E-state index contributed by atoms with van der Waals surface area (Å²) in [4.78, 5) is 14.8. The van der Waals surface area contributed by atoms with Gasteiger partial charge in [-0.2, -0.15) is 0 Å². The van der Waals surface area contributed by atoms with Crippen LogP contribution in [0.15, 0.2) is 71.7 Å². The number of rotatable bonds is 7. The molecule has 34 heavy (non-hydrogen) atoms. The summed E-state index contributed by atoms with van der Waals surface area (Å²) in [6.45, 7) is 1.51. The Hall–Kier alpha value is -3.71. The number of fused-ring (bicyclic) bond motifs is 1. The van der Waals surface area contributed by atoms with E-state index in [0.29, 0.717) is 6.61 Å². The smallest absolute Gasteiger partial charge is 0.138 e. The lowest BCUT2D eigenvalue weighted by atomic mass is 9.87. The summed E-state index contributed by atoms with van der Waals surface area (Å²) >= 11 is 0. The second-order valence-electron chi connectivity index (χ2n) is 9.01. The van der Waals surface area contributed by atoms with E-state index in [1.54, 1.807) is 12.4 Å². The molecule has 2 aliphatic carbocycles. The van der Waals surface area contributed by atoms with Crippen LogP contribution in [-0.4, -0.2) is 58.0 Å². The third-order valence-electron chi connectivity index (χ3n) is 6.40. The highest BCUT2D eigenvalue weighted by atomic mass is 16.5. The molecule has 1 aromatic carbocycles. The molecule has 0 spiro atoms. The number of imidazole rings is 1. The summed E-state index contributed by atoms with van der Waals surface area (Å²) in [6, 6.07) is 11.9. The Kier molecular flexibility index (Phi) is 6.27. The summed E-state index contributed by atoms with van der Waals surface area (Å²) in [7, 11) is 4.06. The van der Waals surface area contributed by atoms with Crippen LogP contribution in [0.4, 0.5) is 0 Å². The van der Waals surface area contributed by atoms with Gasteiger partial charge < -0.3 is 19.8 Å². The molecule has 2 heterocycles. The molecule has 0 bridgehead atoms. The SMILES string of the molecule is CN(C)CCOc1ccc(-c2nc(C3=CC(=NO)C4CCCC4=C3)c(-c3ccncc3)[nH]2)cc1. The molecule has 0 aliphatic heterocycles. The Morgan fingerprint density at radius 2 is 1.88 bits per heavy atom. The molecule has 2 aromatic heterocycles. The van der Waals surface area contributed by atoms with Gasteiger partial charge in [0, 0.05) is 41.6 Å². The maximum atomic E-state index is 9.66. The molecule has 0 amide bonds. The van der Waals surface area contributed by atoms with Gasteiger partial charge in [0.25, 0.3) is 0 Å². The first-order chi connectivity index (χ1) is 16.6. The van der Waals surface area contributed by atoms with Crippen LogP contribution in [0.1, 0.15) is 25.0 Å². The molecule has 0 radical (unpaired) electrons. The van der Waals surface area contributed by atoms with Gasteiger partial charge in [-0.15, -0.1) is 0 Å². The molecule has 7 heteroatoms. The molecular formula is C27H29N5O2. The van der Waals surface area contributed by atoms with Crippen LogP contribution in [0.3, 0.4) is 0 Å².